The highest BCUT2D eigenvalue weighted by Crippen LogP contribution is 2.06. The maximum absolute atomic E-state index is 5.94. The predicted octanol–water partition coefficient (Wildman–Crippen LogP) is 3.50. The fraction of sp³-hybridized carbons (Fsp3) is 0.385. The zero-order valence-electron chi connectivity index (χ0n) is 9.39. The maximum Gasteiger partial charge on any atom is 0.0229 e. The molecule has 0 saturated heterocycles. The van der Waals surface area contributed by atoms with Crippen molar-refractivity contribution in [3.05, 3.63) is 42.0 Å². The largest absolute Gasteiger partial charge is 0.324 e. The highest BCUT2D eigenvalue weighted by molar-refractivity contribution is 5.85. The van der Waals surface area contributed by atoms with Crippen LogP contribution >= 0.6 is 12.4 Å². The Hall–Kier alpha value is -0.790. The van der Waals surface area contributed by atoms with Gasteiger partial charge in [-0.1, -0.05) is 56.3 Å². The summed E-state index contributed by atoms with van der Waals surface area (Å²) >= 11 is 0. The average molecular weight is 226 g/mol. The van der Waals surface area contributed by atoms with Gasteiger partial charge in [0, 0.05) is 6.04 Å². The van der Waals surface area contributed by atoms with Crippen LogP contribution in [0, 0.1) is 5.92 Å². The summed E-state index contributed by atoms with van der Waals surface area (Å²) in [5.74, 6) is 0.658. The van der Waals surface area contributed by atoms with Crippen molar-refractivity contribution in [2.75, 3.05) is 0 Å². The van der Waals surface area contributed by atoms with Gasteiger partial charge in [0.05, 0.1) is 0 Å². The Bertz CT molecular complexity index is 280. The molecule has 0 amide bonds. The molecule has 0 fully saturated rings. The fourth-order valence-corrected chi connectivity index (χ4v) is 1.42. The molecular weight excluding hydrogens is 206 g/mol. The Balaban J connectivity index is 0.00000196. The van der Waals surface area contributed by atoms with Crippen molar-refractivity contribution in [3.8, 4) is 0 Å². The average Bonchev–Trinajstić information content (AvgIpc) is 2.15. The molecule has 1 aromatic carbocycles. The van der Waals surface area contributed by atoms with E-state index in [9.17, 15) is 0 Å². The van der Waals surface area contributed by atoms with Gasteiger partial charge in [-0.3, -0.25) is 0 Å². The molecule has 0 aliphatic carbocycles. The van der Waals surface area contributed by atoms with E-state index >= 15 is 0 Å². The number of rotatable bonds is 4. The van der Waals surface area contributed by atoms with E-state index in [1.54, 1.807) is 0 Å². The number of hydrogen-bond donors (Lipinski definition) is 1. The molecule has 1 nitrogen and oxygen atoms in total. The molecule has 0 radical (unpaired) electrons. The van der Waals surface area contributed by atoms with E-state index in [2.05, 4.69) is 38.1 Å². The van der Waals surface area contributed by atoms with Crippen molar-refractivity contribution >= 4 is 18.5 Å². The van der Waals surface area contributed by atoms with Gasteiger partial charge in [-0.05, 0) is 17.9 Å². The summed E-state index contributed by atoms with van der Waals surface area (Å²) in [7, 11) is 0. The Labute approximate surface area is 98.8 Å². The van der Waals surface area contributed by atoms with Crippen LogP contribution in [0.25, 0.3) is 6.08 Å². The monoisotopic (exact) mass is 225 g/mol. The van der Waals surface area contributed by atoms with E-state index in [-0.39, 0.29) is 18.4 Å². The van der Waals surface area contributed by atoms with Gasteiger partial charge >= 0.3 is 0 Å². The zero-order valence-corrected chi connectivity index (χ0v) is 10.2. The topological polar surface area (TPSA) is 26.0 Å². The van der Waals surface area contributed by atoms with Crippen LogP contribution in [0.3, 0.4) is 0 Å². The van der Waals surface area contributed by atoms with E-state index in [0.29, 0.717) is 5.92 Å². The van der Waals surface area contributed by atoms with Crippen molar-refractivity contribution in [1.29, 1.82) is 0 Å². The molecule has 1 rings (SSSR count). The first-order valence-electron chi connectivity index (χ1n) is 5.17. The first-order chi connectivity index (χ1) is 6.68. The van der Waals surface area contributed by atoms with E-state index in [0.717, 1.165) is 6.42 Å². The molecule has 1 aromatic rings. The number of hydrogen-bond acceptors (Lipinski definition) is 1. The van der Waals surface area contributed by atoms with Crippen molar-refractivity contribution < 1.29 is 0 Å². The molecule has 0 aliphatic rings. The van der Waals surface area contributed by atoms with Gasteiger partial charge < -0.3 is 5.73 Å². The van der Waals surface area contributed by atoms with Crippen molar-refractivity contribution in [2.45, 2.75) is 26.3 Å². The summed E-state index contributed by atoms with van der Waals surface area (Å²) in [5, 5.41) is 0. The molecule has 2 heteroatoms. The Kier molecular flexibility index (Phi) is 7.10. The molecule has 0 aliphatic heterocycles. The minimum atomic E-state index is 0. The van der Waals surface area contributed by atoms with Crippen molar-refractivity contribution in [2.24, 2.45) is 11.7 Å². The summed E-state index contributed by atoms with van der Waals surface area (Å²) in [5.41, 5.74) is 7.15. The minimum Gasteiger partial charge on any atom is -0.324 e. The van der Waals surface area contributed by atoms with Gasteiger partial charge in [0.15, 0.2) is 0 Å². The lowest BCUT2D eigenvalue weighted by atomic mass is 10.0. The maximum atomic E-state index is 5.94. The van der Waals surface area contributed by atoms with E-state index in [1.165, 1.54) is 5.56 Å². The van der Waals surface area contributed by atoms with Gasteiger partial charge in [0.1, 0.15) is 0 Å². The van der Waals surface area contributed by atoms with Crippen LogP contribution in [0.5, 0.6) is 0 Å². The molecule has 0 unspecified atom stereocenters. The number of benzene rings is 1. The normalized spacial score (nSPS) is 12.8. The lowest BCUT2D eigenvalue weighted by Gasteiger charge is -2.08. The van der Waals surface area contributed by atoms with Gasteiger partial charge in [-0.2, -0.15) is 0 Å². The summed E-state index contributed by atoms with van der Waals surface area (Å²) < 4.78 is 0. The lowest BCUT2D eigenvalue weighted by Crippen LogP contribution is -2.18. The van der Waals surface area contributed by atoms with Crippen LogP contribution in [-0.2, 0) is 0 Å². The van der Waals surface area contributed by atoms with E-state index < -0.39 is 0 Å². The van der Waals surface area contributed by atoms with Gasteiger partial charge in [0.2, 0.25) is 0 Å². The van der Waals surface area contributed by atoms with Gasteiger partial charge in [-0.15, -0.1) is 12.4 Å². The highest BCUT2D eigenvalue weighted by Gasteiger charge is 2.00. The Morgan fingerprint density at radius 2 is 1.80 bits per heavy atom. The molecule has 15 heavy (non-hydrogen) atoms. The Morgan fingerprint density at radius 3 is 2.33 bits per heavy atom. The predicted molar refractivity (Wildman–Crippen MR) is 70.2 cm³/mol. The standard InChI is InChI=1S/C13H19N.ClH/c1-11(2)10-13(14)9-8-12-6-4-3-5-7-12;/h3-9,11,13H,10,14H2,1-2H3;1H/b9-8+;/t13-;/m1./s1. The summed E-state index contributed by atoms with van der Waals surface area (Å²) in [6.07, 6.45) is 5.21. The van der Waals surface area contributed by atoms with Gasteiger partial charge in [-0.25, -0.2) is 0 Å². The quantitative estimate of drug-likeness (QED) is 0.834. The third kappa shape index (κ3) is 6.32. The van der Waals surface area contributed by atoms with Crippen LogP contribution in [0.4, 0.5) is 0 Å². The fourth-order valence-electron chi connectivity index (χ4n) is 1.42. The van der Waals surface area contributed by atoms with Crippen LogP contribution in [0.2, 0.25) is 0 Å². The molecule has 0 saturated carbocycles. The van der Waals surface area contributed by atoms with Crippen molar-refractivity contribution in [3.63, 3.8) is 0 Å². The Morgan fingerprint density at radius 1 is 1.20 bits per heavy atom. The molecule has 0 bridgehead atoms. The van der Waals surface area contributed by atoms with E-state index in [4.69, 9.17) is 5.73 Å². The van der Waals surface area contributed by atoms with E-state index in [1.807, 2.05) is 18.2 Å². The molecule has 84 valence electrons. The summed E-state index contributed by atoms with van der Waals surface area (Å²) in [6, 6.07) is 10.4. The third-order valence-corrected chi connectivity index (χ3v) is 2.08. The summed E-state index contributed by atoms with van der Waals surface area (Å²) in [6.45, 7) is 4.38. The van der Waals surface area contributed by atoms with Crippen LogP contribution in [0.1, 0.15) is 25.8 Å². The molecule has 0 spiro atoms. The number of halogens is 1. The lowest BCUT2D eigenvalue weighted by molar-refractivity contribution is 0.547. The second-order valence-electron chi connectivity index (χ2n) is 4.06. The summed E-state index contributed by atoms with van der Waals surface area (Å²) in [4.78, 5) is 0. The zero-order chi connectivity index (χ0) is 10.4. The molecule has 0 aromatic heterocycles. The first-order valence-corrected chi connectivity index (χ1v) is 5.17. The smallest absolute Gasteiger partial charge is 0.0229 e. The molecule has 0 heterocycles. The van der Waals surface area contributed by atoms with Gasteiger partial charge in [0.25, 0.3) is 0 Å². The number of nitrogens with two attached hydrogens (primary N) is 1. The molecule has 1 atom stereocenters. The molecule has 2 N–H and O–H groups in total. The molecular formula is C13H20ClN. The third-order valence-electron chi connectivity index (χ3n) is 2.08. The first kappa shape index (κ1) is 14.2. The van der Waals surface area contributed by atoms with Crippen molar-refractivity contribution in [1.82, 2.24) is 0 Å². The highest BCUT2D eigenvalue weighted by atomic mass is 35.5. The van der Waals surface area contributed by atoms with Crippen LogP contribution in [0.15, 0.2) is 36.4 Å². The van der Waals surface area contributed by atoms with Crippen LogP contribution < -0.4 is 5.73 Å². The van der Waals surface area contributed by atoms with Crippen LogP contribution in [-0.4, -0.2) is 6.04 Å². The second-order valence-corrected chi connectivity index (χ2v) is 4.06. The SMILES string of the molecule is CC(C)C[C@H](N)/C=C/c1ccccc1.Cl. The second kappa shape index (κ2) is 7.49. The minimum absolute atomic E-state index is 0.